The summed E-state index contributed by atoms with van der Waals surface area (Å²) in [5.41, 5.74) is 0. The Morgan fingerprint density at radius 2 is 2.07 bits per heavy atom. The van der Waals surface area contributed by atoms with Gasteiger partial charge in [0.05, 0.1) is 6.61 Å². The molecule has 0 aliphatic heterocycles. The van der Waals surface area contributed by atoms with E-state index in [1.54, 1.807) is 0 Å². The molecule has 0 rings (SSSR count). The first-order chi connectivity index (χ1) is 6.45. The molecular weight excluding hydrogens is 217 g/mol. The van der Waals surface area contributed by atoms with Crippen LogP contribution in [0.3, 0.4) is 0 Å². The molecule has 6 heteroatoms. The van der Waals surface area contributed by atoms with Crippen LogP contribution < -0.4 is 0 Å². The van der Waals surface area contributed by atoms with E-state index in [4.69, 9.17) is 5.11 Å². The van der Waals surface area contributed by atoms with Crippen molar-refractivity contribution in [2.75, 3.05) is 31.3 Å². The second-order valence-corrected chi connectivity index (χ2v) is 4.18. The van der Waals surface area contributed by atoms with E-state index in [0.717, 1.165) is 5.75 Å². The molecule has 1 N–H and O–H groups in total. The van der Waals surface area contributed by atoms with E-state index < -0.39 is 12.8 Å². The number of aliphatic hydroxyl groups excluding tert-OH is 1. The maximum absolute atomic E-state index is 11.6. The minimum absolute atomic E-state index is 0.0995. The zero-order valence-corrected chi connectivity index (χ0v) is 8.83. The lowest BCUT2D eigenvalue weighted by Crippen LogP contribution is -2.18. The van der Waals surface area contributed by atoms with Crippen molar-refractivity contribution in [3.05, 3.63) is 0 Å². The van der Waals surface area contributed by atoms with Crippen molar-refractivity contribution >= 4 is 11.8 Å². The largest absolute Gasteiger partial charge is 0.411 e. The third kappa shape index (κ3) is 10.1. The van der Waals surface area contributed by atoms with Gasteiger partial charge < -0.3 is 9.84 Å². The molecule has 1 unspecified atom stereocenters. The van der Waals surface area contributed by atoms with Gasteiger partial charge in [-0.15, -0.1) is 0 Å². The standard InChI is InChI=1S/C8H15F3O2S/c1-7(4-12)5-14-3-2-13-6-8(9,10)11/h7,12H,2-6H2,1H3. The van der Waals surface area contributed by atoms with Crippen LogP contribution in [0.4, 0.5) is 13.2 Å². The molecule has 0 amide bonds. The molecule has 0 bridgehead atoms. The fraction of sp³-hybridized carbons (Fsp3) is 1.00. The molecule has 2 nitrogen and oxygen atoms in total. The van der Waals surface area contributed by atoms with Gasteiger partial charge in [0.15, 0.2) is 0 Å². The van der Waals surface area contributed by atoms with Crippen LogP contribution in [-0.4, -0.2) is 42.6 Å². The van der Waals surface area contributed by atoms with Gasteiger partial charge in [0.2, 0.25) is 0 Å². The first-order valence-corrected chi connectivity index (χ1v) is 5.44. The van der Waals surface area contributed by atoms with Gasteiger partial charge >= 0.3 is 6.18 Å². The minimum atomic E-state index is -4.23. The Morgan fingerprint density at radius 3 is 2.57 bits per heavy atom. The summed E-state index contributed by atoms with van der Waals surface area (Å²) in [5, 5.41) is 8.65. The van der Waals surface area contributed by atoms with Gasteiger partial charge in [0.25, 0.3) is 0 Å². The molecule has 0 aliphatic carbocycles. The summed E-state index contributed by atoms with van der Waals surface area (Å²) in [6.45, 7) is 0.908. The third-order valence-corrected chi connectivity index (χ3v) is 2.61. The monoisotopic (exact) mass is 232 g/mol. The Labute approximate surface area is 85.8 Å². The lowest BCUT2D eigenvalue weighted by molar-refractivity contribution is -0.172. The fourth-order valence-electron chi connectivity index (χ4n) is 0.643. The van der Waals surface area contributed by atoms with Crippen LogP contribution in [-0.2, 0) is 4.74 Å². The highest BCUT2D eigenvalue weighted by Crippen LogP contribution is 2.14. The lowest BCUT2D eigenvalue weighted by Gasteiger charge is -2.08. The molecule has 0 fully saturated rings. The van der Waals surface area contributed by atoms with Crippen LogP contribution in [0.5, 0.6) is 0 Å². The van der Waals surface area contributed by atoms with Gasteiger partial charge in [0, 0.05) is 12.4 Å². The molecule has 0 aromatic carbocycles. The SMILES string of the molecule is CC(CO)CSCCOCC(F)(F)F. The molecule has 0 aromatic rings. The van der Waals surface area contributed by atoms with Crippen LogP contribution in [0.15, 0.2) is 0 Å². The van der Waals surface area contributed by atoms with Gasteiger partial charge in [-0.3, -0.25) is 0 Å². The highest BCUT2D eigenvalue weighted by Gasteiger charge is 2.27. The number of thioether (sulfide) groups is 1. The summed E-state index contributed by atoms with van der Waals surface area (Å²) in [5.74, 6) is 1.45. The van der Waals surface area contributed by atoms with E-state index in [9.17, 15) is 13.2 Å². The Bertz CT molecular complexity index is 141. The third-order valence-electron chi connectivity index (χ3n) is 1.35. The molecule has 0 aliphatic rings. The average molecular weight is 232 g/mol. The molecule has 0 spiro atoms. The molecule has 0 heterocycles. The van der Waals surface area contributed by atoms with Crippen molar-refractivity contribution in [2.45, 2.75) is 13.1 Å². The van der Waals surface area contributed by atoms with Crippen molar-refractivity contribution in [1.82, 2.24) is 0 Å². The van der Waals surface area contributed by atoms with E-state index >= 15 is 0 Å². The maximum Gasteiger partial charge on any atom is 0.411 e. The van der Waals surface area contributed by atoms with E-state index in [-0.39, 0.29) is 19.1 Å². The van der Waals surface area contributed by atoms with Crippen molar-refractivity contribution in [3.8, 4) is 0 Å². The molecular formula is C8H15F3O2S. The molecule has 1 atom stereocenters. The Morgan fingerprint density at radius 1 is 1.43 bits per heavy atom. The van der Waals surface area contributed by atoms with Crippen LogP contribution in [0.2, 0.25) is 0 Å². The number of hydrogen-bond acceptors (Lipinski definition) is 3. The molecule has 0 radical (unpaired) electrons. The summed E-state index contributed by atoms with van der Waals surface area (Å²) >= 11 is 1.48. The normalized spacial score (nSPS) is 14.4. The lowest BCUT2D eigenvalue weighted by atomic mass is 10.2. The molecule has 0 saturated heterocycles. The number of aliphatic hydroxyl groups is 1. The van der Waals surface area contributed by atoms with Crippen molar-refractivity contribution in [1.29, 1.82) is 0 Å². The number of ether oxygens (including phenoxy) is 1. The average Bonchev–Trinajstić information content (AvgIpc) is 2.08. The summed E-state index contributed by atoms with van der Waals surface area (Å²) in [6.07, 6.45) is -4.23. The highest BCUT2D eigenvalue weighted by molar-refractivity contribution is 7.99. The highest BCUT2D eigenvalue weighted by atomic mass is 32.2. The molecule has 0 saturated carbocycles. The van der Waals surface area contributed by atoms with Crippen molar-refractivity contribution < 1.29 is 23.0 Å². The Kier molecular flexibility index (Phi) is 7.40. The quantitative estimate of drug-likeness (QED) is 0.680. The first-order valence-electron chi connectivity index (χ1n) is 4.29. The van der Waals surface area contributed by atoms with Crippen molar-refractivity contribution in [3.63, 3.8) is 0 Å². The van der Waals surface area contributed by atoms with Gasteiger partial charge in [-0.05, 0) is 11.7 Å². The Hall–Kier alpha value is 0.0600. The van der Waals surface area contributed by atoms with Gasteiger partial charge in [-0.2, -0.15) is 24.9 Å². The summed E-state index contributed by atoms with van der Waals surface area (Å²) in [6, 6.07) is 0. The summed E-state index contributed by atoms with van der Waals surface area (Å²) in [7, 11) is 0. The van der Waals surface area contributed by atoms with Gasteiger partial charge in [-0.25, -0.2) is 0 Å². The first kappa shape index (κ1) is 14.1. The summed E-state index contributed by atoms with van der Waals surface area (Å²) < 4.78 is 39.2. The van der Waals surface area contributed by atoms with Crippen LogP contribution in [0, 0.1) is 5.92 Å². The zero-order chi connectivity index (χ0) is 11.0. The maximum atomic E-state index is 11.6. The number of rotatable bonds is 7. The van der Waals surface area contributed by atoms with Crippen LogP contribution in [0.1, 0.15) is 6.92 Å². The van der Waals surface area contributed by atoms with Crippen LogP contribution >= 0.6 is 11.8 Å². The van der Waals surface area contributed by atoms with Crippen LogP contribution in [0.25, 0.3) is 0 Å². The number of halogens is 3. The smallest absolute Gasteiger partial charge is 0.396 e. The minimum Gasteiger partial charge on any atom is -0.396 e. The second kappa shape index (κ2) is 7.36. The van der Waals surface area contributed by atoms with E-state index in [1.807, 2.05) is 6.92 Å². The molecule has 14 heavy (non-hydrogen) atoms. The van der Waals surface area contributed by atoms with E-state index in [1.165, 1.54) is 11.8 Å². The summed E-state index contributed by atoms with van der Waals surface area (Å²) in [4.78, 5) is 0. The molecule has 86 valence electrons. The number of alkyl halides is 3. The zero-order valence-electron chi connectivity index (χ0n) is 8.01. The van der Waals surface area contributed by atoms with E-state index in [2.05, 4.69) is 4.74 Å². The van der Waals surface area contributed by atoms with Gasteiger partial charge in [-0.1, -0.05) is 6.92 Å². The fourth-order valence-corrected chi connectivity index (χ4v) is 1.55. The second-order valence-electron chi connectivity index (χ2n) is 3.03. The Balaban J connectivity index is 3.14. The van der Waals surface area contributed by atoms with Crippen molar-refractivity contribution in [2.24, 2.45) is 5.92 Å². The predicted octanol–water partition coefficient (Wildman–Crippen LogP) is 1.93. The number of hydrogen-bond donors (Lipinski definition) is 1. The van der Waals surface area contributed by atoms with E-state index in [0.29, 0.717) is 5.75 Å². The molecule has 0 aromatic heterocycles. The van der Waals surface area contributed by atoms with Gasteiger partial charge in [0.1, 0.15) is 6.61 Å². The predicted molar refractivity (Wildman–Crippen MR) is 50.4 cm³/mol. The topological polar surface area (TPSA) is 29.5 Å².